The van der Waals surface area contributed by atoms with E-state index in [1.165, 1.54) is 0 Å². The van der Waals surface area contributed by atoms with Gasteiger partial charge in [-0.15, -0.1) is 11.3 Å². The fraction of sp³-hybridized carbons (Fsp3) is 0.500. The van der Waals surface area contributed by atoms with Crippen molar-refractivity contribution in [1.82, 2.24) is 14.3 Å². The highest BCUT2D eigenvalue weighted by atomic mass is 32.1. The molecule has 2 aromatic heterocycles. The number of aromatic nitrogens is 2. The standard InChI is InChI=1S/C12H19N5S/c1-3-16(6-9(2)11(13)14)7-10-8-17-4-5-18-12(17)15-10/h4-5,8-9H,3,6-7H2,1-2H3,(H3,13,14). The fourth-order valence-corrected chi connectivity index (χ4v) is 2.59. The molecule has 0 aliphatic heterocycles. The van der Waals surface area contributed by atoms with Crippen LogP contribution in [0.1, 0.15) is 19.5 Å². The molecule has 0 aliphatic carbocycles. The van der Waals surface area contributed by atoms with E-state index in [4.69, 9.17) is 11.1 Å². The number of hydrogen-bond donors (Lipinski definition) is 2. The van der Waals surface area contributed by atoms with Crippen molar-refractivity contribution in [2.24, 2.45) is 11.7 Å². The first-order valence-electron chi connectivity index (χ1n) is 6.07. The van der Waals surface area contributed by atoms with Gasteiger partial charge in [0.2, 0.25) is 0 Å². The Morgan fingerprint density at radius 3 is 3.06 bits per heavy atom. The normalized spacial score (nSPS) is 13.3. The van der Waals surface area contributed by atoms with Gasteiger partial charge in [0, 0.05) is 36.8 Å². The van der Waals surface area contributed by atoms with Gasteiger partial charge in [0.05, 0.1) is 11.5 Å². The van der Waals surface area contributed by atoms with Crippen molar-refractivity contribution in [2.45, 2.75) is 20.4 Å². The van der Waals surface area contributed by atoms with Crippen LogP contribution < -0.4 is 5.73 Å². The Kier molecular flexibility index (Phi) is 3.98. The minimum absolute atomic E-state index is 0.0914. The molecule has 0 bridgehead atoms. The number of nitrogens with one attached hydrogen (secondary N) is 1. The van der Waals surface area contributed by atoms with Crippen LogP contribution >= 0.6 is 11.3 Å². The molecule has 18 heavy (non-hydrogen) atoms. The highest BCUT2D eigenvalue weighted by molar-refractivity contribution is 7.15. The van der Waals surface area contributed by atoms with Crippen molar-refractivity contribution in [3.8, 4) is 0 Å². The number of rotatable bonds is 6. The summed E-state index contributed by atoms with van der Waals surface area (Å²) in [5.74, 6) is 0.341. The van der Waals surface area contributed by atoms with Crippen LogP contribution in [0.2, 0.25) is 0 Å². The highest BCUT2D eigenvalue weighted by Gasteiger charge is 2.13. The second kappa shape index (κ2) is 5.49. The van der Waals surface area contributed by atoms with Crippen LogP contribution in [0.15, 0.2) is 17.8 Å². The molecule has 2 aromatic rings. The molecule has 0 saturated heterocycles. The molecular weight excluding hydrogens is 246 g/mol. The first-order valence-corrected chi connectivity index (χ1v) is 6.95. The van der Waals surface area contributed by atoms with Crippen LogP contribution in [0.4, 0.5) is 0 Å². The molecule has 0 fully saturated rings. The molecule has 0 radical (unpaired) electrons. The number of thiazole rings is 1. The van der Waals surface area contributed by atoms with Gasteiger partial charge in [-0.1, -0.05) is 13.8 Å². The van der Waals surface area contributed by atoms with E-state index in [1.54, 1.807) is 11.3 Å². The highest BCUT2D eigenvalue weighted by Crippen LogP contribution is 2.13. The molecule has 1 unspecified atom stereocenters. The molecule has 0 spiro atoms. The number of amidine groups is 1. The Bertz CT molecular complexity index is 501. The van der Waals surface area contributed by atoms with E-state index < -0.39 is 0 Å². The third-order valence-corrected chi connectivity index (χ3v) is 3.81. The second-order valence-electron chi connectivity index (χ2n) is 4.51. The van der Waals surface area contributed by atoms with Crippen LogP contribution in [0.25, 0.3) is 4.96 Å². The summed E-state index contributed by atoms with van der Waals surface area (Å²) in [6.45, 7) is 6.64. The molecule has 1 atom stereocenters. The van der Waals surface area contributed by atoms with Crippen molar-refractivity contribution in [2.75, 3.05) is 13.1 Å². The number of imidazole rings is 1. The van der Waals surface area contributed by atoms with Crippen LogP contribution in [0.5, 0.6) is 0 Å². The van der Waals surface area contributed by atoms with E-state index in [0.717, 1.165) is 30.3 Å². The SMILES string of the molecule is CCN(Cc1cn2ccsc2n1)CC(C)C(=N)N. The molecule has 0 saturated carbocycles. The van der Waals surface area contributed by atoms with E-state index in [2.05, 4.69) is 23.0 Å². The molecule has 0 aromatic carbocycles. The van der Waals surface area contributed by atoms with Crippen molar-refractivity contribution in [3.05, 3.63) is 23.5 Å². The fourth-order valence-electron chi connectivity index (χ4n) is 1.87. The van der Waals surface area contributed by atoms with Crippen LogP contribution in [0.3, 0.4) is 0 Å². The minimum Gasteiger partial charge on any atom is -0.387 e. The number of nitrogens with two attached hydrogens (primary N) is 1. The molecule has 6 heteroatoms. The lowest BCUT2D eigenvalue weighted by Gasteiger charge is -2.22. The van der Waals surface area contributed by atoms with Gasteiger partial charge < -0.3 is 5.73 Å². The Labute approximate surface area is 111 Å². The Hall–Kier alpha value is -1.40. The maximum absolute atomic E-state index is 7.44. The molecule has 98 valence electrons. The Morgan fingerprint density at radius 1 is 1.67 bits per heavy atom. The zero-order valence-corrected chi connectivity index (χ0v) is 11.6. The van der Waals surface area contributed by atoms with Crippen LogP contribution in [-0.4, -0.2) is 33.2 Å². The lowest BCUT2D eigenvalue weighted by molar-refractivity contribution is 0.260. The predicted octanol–water partition coefficient (Wildman–Crippen LogP) is 1.79. The molecular formula is C12H19N5S. The lowest BCUT2D eigenvalue weighted by Crippen LogP contribution is -2.34. The predicted molar refractivity (Wildman–Crippen MR) is 75.1 cm³/mol. The number of hydrogen-bond acceptors (Lipinski definition) is 4. The van der Waals surface area contributed by atoms with Crippen molar-refractivity contribution < 1.29 is 0 Å². The summed E-state index contributed by atoms with van der Waals surface area (Å²) in [7, 11) is 0. The largest absolute Gasteiger partial charge is 0.387 e. The summed E-state index contributed by atoms with van der Waals surface area (Å²) in [6, 6.07) is 0. The van der Waals surface area contributed by atoms with Crippen molar-refractivity contribution >= 4 is 22.1 Å². The topological polar surface area (TPSA) is 70.4 Å². The lowest BCUT2D eigenvalue weighted by atomic mass is 10.1. The summed E-state index contributed by atoms with van der Waals surface area (Å²) < 4.78 is 2.04. The van der Waals surface area contributed by atoms with Gasteiger partial charge in [0.15, 0.2) is 4.96 Å². The quantitative estimate of drug-likeness (QED) is 0.618. The Balaban J connectivity index is 2.01. The second-order valence-corrected chi connectivity index (χ2v) is 5.38. The summed E-state index contributed by atoms with van der Waals surface area (Å²) in [6.07, 6.45) is 4.08. The van der Waals surface area contributed by atoms with Crippen LogP contribution in [0, 0.1) is 11.3 Å². The van der Waals surface area contributed by atoms with Gasteiger partial charge in [0.25, 0.3) is 0 Å². The number of fused-ring (bicyclic) bond motifs is 1. The number of nitrogens with zero attached hydrogens (tertiary/aromatic N) is 3. The minimum atomic E-state index is 0.0914. The monoisotopic (exact) mass is 265 g/mol. The average molecular weight is 265 g/mol. The van der Waals surface area contributed by atoms with E-state index in [0.29, 0.717) is 0 Å². The third kappa shape index (κ3) is 2.88. The molecule has 3 N–H and O–H groups in total. The van der Waals surface area contributed by atoms with E-state index in [-0.39, 0.29) is 11.8 Å². The zero-order chi connectivity index (χ0) is 13.1. The molecule has 0 aliphatic rings. The first kappa shape index (κ1) is 13.0. The van der Waals surface area contributed by atoms with Gasteiger partial charge >= 0.3 is 0 Å². The summed E-state index contributed by atoms with van der Waals surface area (Å²) in [4.78, 5) is 7.86. The van der Waals surface area contributed by atoms with Crippen molar-refractivity contribution in [1.29, 1.82) is 5.41 Å². The van der Waals surface area contributed by atoms with Gasteiger partial charge in [-0.2, -0.15) is 0 Å². The van der Waals surface area contributed by atoms with Crippen molar-refractivity contribution in [3.63, 3.8) is 0 Å². The van der Waals surface area contributed by atoms with E-state index in [1.807, 2.05) is 22.9 Å². The maximum Gasteiger partial charge on any atom is 0.193 e. The Morgan fingerprint density at radius 2 is 2.44 bits per heavy atom. The molecule has 5 nitrogen and oxygen atoms in total. The van der Waals surface area contributed by atoms with E-state index >= 15 is 0 Å². The smallest absolute Gasteiger partial charge is 0.193 e. The van der Waals surface area contributed by atoms with Crippen LogP contribution in [-0.2, 0) is 6.54 Å². The van der Waals surface area contributed by atoms with Gasteiger partial charge in [-0.3, -0.25) is 14.7 Å². The summed E-state index contributed by atoms with van der Waals surface area (Å²) in [5, 5.41) is 9.47. The van der Waals surface area contributed by atoms with Gasteiger partial charge in [0.1, 0.15) is 0 Å². The average Bonchev–Trinajstić information content (AvgIpc) is 2.88. The molecule has 2 heterocycles. The molecule has 2 rings (SSSR count). The maximum atomic E-state index is 7.44. The first-order chi connectivity index (χ1) is 8.60. The van der Waals surface area contributed by atoms with E-state index in [9.17, 15) is 0 Å². The van der Waals surface area contributed by atoms with Gasteiger partial charge in [-0.05, 0) is 6.54 Å². The summed E-state index contributed by atoms with van der Waals surface area (Å²) in [5.41, 5.74) is 6.58. The molecule has 0 amide bonds. The summed E-state index contributed by atoms with van der Waals surface area (Å²) >= 11 is 1.64. The zero-order valence-electron chi connectivity index (χ0n) is 10.8. The van der Waals surface area contributed by atoms with Gasteiger partial charge in [-0.25, -0.2) is 4.98 Å². The third-order valence-electron chi connectivity index (χ3n) is 3.04.